The number of benzene rings is 1. The Bertz CT molecular complexity index is 624. The summed E-state index contributed by atoms with van der Waals surface area (Å²) in [6.45, 7) is 5.91. The number of hydrogen-bond donors (Lipinski definition) is 2. The summed E-state index contributed by atoms with van der Waals surface area (Å²) in [4.78, 5) is 7.29. The van der Waals surface area contributed by atoms with Gasteiger partial charge in [0.25, 0.3) is 0 Å². The number of rotatable bonds is 5. The van der Waals surface area contributed by atoms with Crippen LogP contribution >= 0.6 is 0 Å². The predicted octanol–water partition coefficient (Wildman–Crippen LogP) is 3.57. The van der Waals surface area contributed by atoms with Crippen LogP contribution in [0.4, 0.5) is 0 Å². The van der Waals surface area contributed by atoms with Gasteiger partial charge in [-0.1, -0.05) is 31.4 Å². The molecule has 1 heterocycles. The number of aromatic hydroxyl groups is 1. The molecule has 2 fully saturated rings. The molecule has 1 aromatic rings. The highest BCUT2D eigenvalue weighted by molar-refractivity contribution is 5.80. The second-order valence-corrected chi connectivity index (χ2v) is 7.69. The molecule has 5 heteroatoms. The van der Waals surface area contributed by atoms with Gasteiger partial charge in [-0.3, -0.25) is 4.99 Å². The summed E-state index contributed by atoms with van der Waals surface area (Å²) in [5.74, 6) is 1.78. The van der Waals surface area contributed by atoms with E-state index in [9.17, 15) is 5.11 Å². The van der Waals surface area contributed by atoms with Crippen LogP contribution in [0.25, 0.3) is 0 Å². The minimum Gasteiger partial charge on any atom is -0.504 e. The van der Waals surface area contributed by atoms with Crippen LogP contribution in [-0.2, 0) is 6.42 Å². The summed E-state index contributed by atoms with van der Waals surface area (Å²) in [7, 11) is 1.58. The van der Waals surface area contributed by atoms with E-state index in [-0.39, 0.29) is 5.75 Å². The fraction of sp³-hybridized carbons (Fsp3) is 0.667. The van der Waals surface area contributed by atoms with Crippen molar-refractivity contribution in [2.45, 2.75) is 51.9 Å². The Kier molecular flexibility index (Phi) is 6.28. The SMILES string of the molecule is CCNC(=NCCc1cccc(OC)c1O)N1CCC2(CCCCC2)C1. The van der Waals surface area contributed by atoms with Gasteiger partial charge in [-0.25, -0.2) is 0 Å². The van der Waals surface area contributed by atoms with E-state index in [0.717, 1.165) is 31.2 Å². The van der Waals surface area contributed by atoms with Crippen LogP contribution in [0.15, 0.2) is 23.2 Å². The summed E-state index contributed by atoms with van der Waals surface area (Å²) in [5, 5.41) is 13.7. The number of hydrogen-bond acceptors (Lipinski definition) is 3. The molecule has 0 unspecified atom stereocenters. The summed E-state index contributed by atoms with van der Waals surface area (Å²) in [6.07, 6.45) is 8.93. The van der Waals surface area contributed by atoms with Crippen molar-refractivity contribution in [2.75, 3.05) is 33.3 Å². The molecule has 26 heavy (non-hydrogen) atoms. The van der Waals surface area contributed by atoms with Gasteiger partial charge in [0.05, 0.1) is 7.11 Å². The fourth-order valence-electron chi connectivity index (χ4n) is 4.47. The molecule has 1 saturated carbocycles. The number of likely N-dealkylation sites (tertiary alicyclic amines) is 1. The minimum atomic E-state index is 0.234. The van der Waals surface area contributed by atoms with Crippen LogP contribution in [0.1, 0.15) is 51.0 Å². The van der Waals surface area contributed by atoms with Crippen molar-refractivity contribution in [3.8, 4) is 11.5 Å². The first kappa shape index (κ1) is 18.9. The number of nitrogens with one attached hydrogen (secondary N) is 1. The molecule has 1 aromatic carbocycles. The maximum absolute atomic E-state index is 10.2. The van der Waals surface area contributed by atoms with E-state index in [0.29, 0.717) is 24.1 Å². The van der Waals surface area contributed by atoms with Crippen LogP contribution in [0.2, 0.25) is 0 Å². The first-order valence-corrected chi connectivity index (χ1v) is 10.1. The van der Waals surface area contributed by atoms with Gasteiger partial charge < -0.3 is 20.1 Å². The van der Waals surface area contributed by atoms with Crippen LogP contribution in [0, 0.1) is 5.41 Å². The minimum absolute atomic E-state index is 0.234. The highest BCUT2D eigenvalue weighted by atomic mass is 16.5. The number of methoxy groups -OCH3 is 1. The van der Waals surface area contributed by atoms with Gasteiger partial charge in [-0.05, 0) is 49.7 Å². The van der Waals surface area contributed by atoms with Crippen molar-refractivity contribution in [2.24, 2.45) is 10.4 Å². The summed E-state index contributed by atoms with van der Waals surface area (Å²) in [5.41, 5.74) is 1.41. The van der Waals surface area contributed by atoms with Crippen molar-refractivity contribution in [3.63, 3.8) is 0 Å². The van der Waals surface area contributed by atoms with Gasteiger partial charge in [-0.15, -0.1) is 0 Å². The van der Waals surface area contributed by atoms with Crippen LogP contribution in [-0.4, -0.2) is 49.3 Å². The third-order valence-electron chi connectivity index (χ3n) is 5.93. The van der Waals surface area contributed by atoms with E-state index in [1.54, 1.807) is 13.2 Å². The smallest absolute Gasteiger partial charge is 0.193 e. The Morgan fingerprint density at radius 1 is 1.27 bits per heavy atom. The number of guanidine groups is 1. The van der Waals surface area contributed by atoms with E-state index in [2.05, 4.69) is 17.1 Å². The van der Waals surface area contributed by atoms with Crippen molar-refractivity contribution in [1.29, 1.82) is 0 Å². The summed E-state index contributed by atoms with van der Waals surface area (Å²) in [6, 6.07) is 5.63. The molecule has 2 N–H and O–H groups in total. The van der Waals surface area contributed by atoms with Crippen molar-refractivity contribution in [3.05, 3.63) is 23.8 Å². The molecule has 0 aromatic heterocycles. The molecule has 1 aliphatic heterocycles. The van der Waals surface area contributed by atoms with Gasteiger partial charge in [-0.2, -0.15) is 0 Å². The van der Waals surface area contributed by atoms with E-state index >= 15 is 0 Å². The highest BCUT2D eigenvalue weighted by Crippen LogP contribution is 2.43. The molecule has 144 valence electrons. The summed E-state index contributed by atoms with van der Waals surface area (Å²) >= 11 is 0. The van der Waals surface area contributed by atoms with Crippen LogP contribution in [0.5, 0.6) is 11.5 Å². The number of nitrogens with zero attached hydrogens (tertiary/aromatic N) is 2. The molecule has 1 aliphatic carbocycles. The van der Waals surface area contributed by atoms with Gasteiger partial charge >= 0.3 is 0 Å². The zero-order valence-corrected chi connectivity index (χ0v) is 16.3. The number of phenols is 1. The third-order valence-corrected chi connectivity index (χ3v) is 5.93. The number of aliphatic imine (C=N–C) groups is 1. The lowest BCUT2D eigenvalue weighted by atomic mass is 9.73. The molecule has 0 amide bonds. The Morgan fingerprint density at radius 3 is 2.81 bits per heavy atom. The Balaban J connectivity index is 1.63. The first-order chi connectivity index (χ1) is 12.7. The van der Waals surface area contributed by atoms with E-state index in [1.807, 2.05) is 12.1 Å². The standard InChI is InChI=1S/C21H33N3O2/c1-3-22-20(24-15-13-21(16-24)11-5-4-6-12-21)23-14-10-17-8-7-9-18(26-2)19(17)25/h7-9,25H,3-6,10-16H2,1-2H3,(H,22,23). The Hall–Kier alpha value is -1.91. The van der Waals surface area contributed by atoms with E-state index in [1.165, 1.54) is 38.5 Å². The monoisotopic (exact) mass is 359 g/mol. The maximum Gasteiger partial charge on any atom is 0.193 e. The van der Waals surface area contributed by atoms with Gasteiger partial charge in [0.2, 0.25) is 0 Å². The van der Waals surface area contributed by atoms with Gasteiger partial charge in [0, 0.05) is 26.2 Å². The molecule has 2 aliphatic rings. The topological polar surface area (TPSA) is 57.1 Å². The highest BCUT2D eigenvalue weighted by Gasteiger charge is 2.39. The number of ether oxygens (including phenoxy) is 1. The van der Waals surface area contributed by atoms with Crippen molar-refractivity contribution in [1.82, 2.24) is 10.2 Å². The second-order valence-electron chi connectivity index (χ2n) is 7.69. The third kappa shape index (κ3) is 4.25. The molecule has 0 atom stereocenters. The zero-order valence-electron chi connectivity index (χ0n) is 16.3. The predicted molar refractivity (Wildman–Crippen MR) is 106 cm³/mol. The molecule has 0 radical (unpaired) electrons. The normalized spacial score (nSPS) is 19.8. The first-order valence-electron chi connectivity index (χ1n) is 10.1. The number of para-hydroxylation sites is 1. The summed E-state index contributed by atoms with van der Waals surface area (Å²) < 4.78 is 5.19. The molecular weight excluding hydrogens is 326 g/mol. The number of phenolic OH excluding ortho intramolecular Hbond substituents is 1. The van der Waals surface area contributed by atoms with Crippen LogP contribution in [0.3, 0.4) is 0 Å². The lowest BCUT2D eigenvalue weighted by Gasteiger charge is -2.33. The molecule has 3 rings (SSSR count). The van der Waals surface area contributed by atoms with Crippen LogP contribution < -0.4 is 10.1 Å². The lowest BCUT2D eigenvalue weighted by molar-refractivity contribution is 0.203. The zero-order chi connectivity index (χ0) is 18.4. The molecular formula is C21H33N3O2. The second kappa shape index (κ2) is 8.65. The molecule has 5 nitrogen and oxygen atoms in total. The maximum atomic E-state index is 10.2. The van der Waals surface area contributed by atoms with E-state index in [4.69, 9.17) is 9.73 Å². The van der Waals surface area contributed by atoms with Crippen molar-refractivity contribution >= 4 is 5.96 Å². The molecule has 1 spiro atoms. The molecule has 1 saturated heterocycles. The van der Waals surface area contributed by atoms with Gasteiger partial charge in [0.15, 0.2) is 17.5 Å². The van der Waals surface area contributed by atoms with Gasteiger partial charge in [0.1, 0.15) is 0 Å². The van der Waals surface area contributed by atoms with E-state index < -0.39 is 0 Å². The van der Waals surface area contributed by atoms with Crippen molar-refractivity contribution < 1.29 is 9.84 Å². The fourth-order valence-corrected chi connectivity index (χ4v) is 4.47. The molecule has 0 bridgehead atoms. The Morgan fingerprint density at radius 2 is 2.08 bits per heavy atom. The quantitative estimate of drug-likeness (QED) is 0.623. The lowest BCUT2D eigenvalue weighted by Crippen LogP contribution is -2.41. The average Bonchev–Trinajstić information content (AvgIpc) is 3.06. The average molecular weight is 360 g/mol. The Labute approximate surface area is 157 Å². The largest absolute Gasteiger partial charge is 0.504 e.